The number of hydrogen-bond acceptors (Lipinski definition) is 2. The molecular weight excluding hydrogens is 271 g/mol. The maximum atomic E-state index is 12.0. The fourth-order valence-electron chi connectivity index (χ4n) is 1.32. The van der Waals surface area contributed by atoms with Crippen molar-refractivity contribution in [1.82, 2.24) is 5.32 Å². The number of hydrogen-bond donors (Lipinski definition) is 1. The Balaban J connectivity index is 2.55. The molecule has 0 radical (unpaired) electrons. The van der Waals surface area contributed by atoms with Crippen LogP contribution in [0.5, 0.6) is 5.75 Å². The summed E-state index contributed by atoms with van der Waals surface area (Å²) in [4.78, 5) is 11.4. The van der Waals surface area contributed by atoms with Crippen molar-refractivity contribution in [3.8, 4) is 5.75 Å². The van der Waals surface area contributed by atoms with E-state index in [0.717, 1.165) is 0 Å². The van der Waals surface area contributed by atoms with Crippen molar-refractivity contribution < 1.29 is 22.7 Å². The van der Waals surface area contributed by atoms with E-state index in [2.05, 4.69) is 10.1 Å². The van der Waals surface area contributed by atoms with Gasteiger partial charge in [0.2, 0.25) is 5.91 Å². The van der Waals surface area contributed by atoms with Crippen LogP contribution in [-0.4, -0.2) is 18.8 Å². The summed E-state index contributed by atoms with van der Waals surface area (Å²) in [5.41, 5.74) is 0.610. The molecule has 0 aliphatic rings. The SMILES string of the molecule is CC(C)CNC(=O)/C=C/c1ccc(OC(F)(F)F)cc1. The molecule has 0 spiro atoms. The Kier molecular flexibility index (Phi) is 5.61. The first-order chi connectivity index (χ1) is 9.26. The number of amides is 1. The summed E-state index contributed by atoms with van der Waals surface area (Å²) in [6.45, 7) is 4.52. The van der Waals surface area contributed by atoms with E-state index in [0.29, 0.717) is 18.0 Å². The summed E-state index contributed by atoms with van der Waals surface area (Å²) >= 11 is 0. The van der Waals surface area contributed by atoms with E-state index < -0.39 is 6.36 Å². The lowest BCUT2D eigenvalue weighted by atomic mass is 10.2. The van der Waals surface area contributed by atoms with E-state index in [1.165, 1.54) is 36.4 Å². The molecule has 6 heteroatoms. The number of benzene rings is 1. The molecule has 1 aromatic rings. The van der Waals surface area contributed by atoms with Crippen LogP contribution < -0.4 is 10.1 Å². The van der Waals surface area contributed by atoms with Gasteiger partial charge in [0.05, 0.1) is 0 Å². The second-order valence-electron chi connectivity index (χ2n) is 4.59. The van der Waals surface area contributed by atoms with Gasteiger partial charge in [-0.1, -0.05) is 26.0 Å². The molecule has 0 aliphatic heterocycles. The third-order valence-corrected chi connectivity index (χ3v) is 2.23. The van der Waals surface area contributed by atoms with Crippen molar-refractivity contribution in [3.63, 3.8) is 0 Å². The predicted molar refractivity (Wildman–Crippen MR) is 70.0 cm³/mol. The molecule has 0 heterocycles. The van der Waals surface area contributed by atoms with Crippen LogP contribution in [0.1, 0.15) is 19.4 Å². The van der Waals surface area contributed by atoms with Crippen molar-refractivity contribution in [3.05, 3.63) is 35.9 Å². The predicted octanol–water partition coefficient (Wildman–Crippen LogP) is 3.37. The lowest BCUT2D eigenvalue weighted by molar-refractivity contribution is -0.274. The minimum absolute atomic E-state index is 0.241. The van der Waals surface area contributed by atoms with Gasteiger partial charge in [-0.05, 0) is 29.7 Å². The van der Waals surface area contributed by atoms with Crippen LogP contribution in [0.2, 0.25) is 0 Å². The standard InChI is InChI=1S/C14H16F3NO2/c1-10(2)9-18-13(19)8-5-11-3-6-12(7-4-11)20-14(15,16)17/h3-8,10H,9H2,1-2H3,(H,18,19)/b8-5+. The molecule has 0 aromatic heterocycles. The molecular formula is C14H16F3NO2. The van der Waals surface area contributed by atoms with Crippen LogP contribution in [0, 0.1) is 5.92 Å². The van der Waals surface area contributed by atoms with Crippen LogP contribution in [0.25, 0.3) is 6.08 Å². The zero-order valence-electron chi connectivity index (χ0n) is 11.2. The second-order valence-corrected chi connectivity index (χ2v) is 4.59. The van der Waals surface area contributed by atoms with Crippen LogP contribution in [0.3, 0.4) is 0 Å². The summed E-state index contributed by atoms with van der Waals surface area (Å²) in [7, 11) is 0. The molecule has 1 rings (SSSR count). The topological polar surface area (TPSA) is 38.3 Å². The quantitative estimate of drug-likeness (QED) is 0.843. The Morgan fingerprint density at radius 2 is 1.90 bits per heavy atom. The van der Waals surface area contributed by atoms with E-state index in [1.54, 1.807) is 0 Å². The number of nitrogens with one attached hydrogen (secondary N) is 1. The molecule has 1 amide bonds. The highest BCUT2D eigenvalue weighted by atomic mass is 19.4. The van der Waals surface area contributed by atoms with Crippen molar-refractivity contribution >= 4 is 12.0 Å². The first-order valence-electron chi connectivity index (χ1n) is 6.08. The molecule has 0 saturated carbocycles. The summed E-state index contributed by atoms with van der Waals surface area (Å²) < 4.78 is 39.6. The monoisotopic (exact) mass is 287 g/mol. The van der Waals surface area contributed by atoms with E-state index in [-0.39, 0.29) is 11.7 Å². The number of ether oxygens (including phenoxy) is 1. The van der Waals surface area contributed by atoms with Gasteiger partial charge in [-0.15, -0.1) is 13.2 Å². The van der Waals surface area contributed by atoms with Gasteiger partial charge in [0.25, 0.3) is 0 Å². The van der Waals surface area contributed by atoms with Crippen LogP contribution >= 0.6 is 0 Å². The molecule has 0 fully saturated rings. The minimum atomic E-state index is -4.70. The highest BCUT2D eigenvalue weighted by Crippen LogP contribution is 2.22. The number of carbonyl (C=O) groups excluding carboxylic acids is 1. The summed E-state index contributed by atoms with van der Waals surface area (Å²) in [5, 5.41) is 2.70. The lowest BCUT2D eigenvalue weighted by Gasteiger charge is -2.08. The van der Waals surface area contributed by atoms with E-state index in [9.17, 15) is 18.0 Å². The zero-order chi connectivity index (χ0) is 15.2. The third kappa shape index (κ3) is 6.82. The highest BCUT2D eigenvalue weighted by Gasteiger charge is 2.30. The molecule has 1 aromatic carbocycles. The number of alkyl halides is 3. The smallest absolute Gasteiger partial charge is 0.406 e. The summed E-state index contributed by atoms with van der Waals surface area (Å²) in [5.74, 6) is -0.181. The van der Waals surface area contributed by atoms with Crippen LogP contribution in [-0.2, 0) is 4.79 Å². The van der Waals surface area contributed by atoms with Gasteiger partial charge in [-0.3, -0.25) is 4.79 Å². The number of rotatable bonds is 5. The van der Waals surface area contributed by atoms with Gasteiger partial charge in [0, 0.05) is 12.6 Å². The van der Waals surface area contributed by atoms with Crippen molar-refractivity contribution in [2.45, 2.75) is 20.2 Å². The third-order valence-electron chi connectivity index (χ3n) is 2.23. The normalized spacial score (nSPS) is 11.9. The molecule has 1 N–H and O–H groups in total. The number of halogens is 3. The molecule has 0 saturated heterocycles. The number of carbonyl (C=O) groups is 1. The molecule has 0 unspecified atom stereocenters. The maximum Gasteiger partial charge on any atom is 0.573 e. The van der Waals surface area contributed by atoms with Crippen LogP contribution in [0.15, 0.2) is 30.3 Å². The molecule has 0 bridgehead atoms. The Labute approximate surface area is 115 Å². The van der Waals surface area contributed by atoms with Crippen molar-refractivity contribution in [2.75, 3.05) is 6.54 Å². The van der Waals surface area contributed by atoms with Crippen LogP contribution in [0.4, 0.5) is 13.2 Å². The molecule has 20 heavy (non-hydrogen) atoms. The van der Waals surface area contributed by atoms with Crippen molar-refractivity contribution in [2.24, 2.45) is 5.92 Å². The van der Waals surface area contributed by atoms with E-state index >= 15 is 0 Å². The fourth-order valence-corrected chi connectivity index (χ4v) is 1.32. The zero-order valence-corrected chi connectivity index (χ0v) is 11.2. The van der Waals surface area contributed by atoms with E-state index in [4.69, 9.17) is 0 Å². The molecule has 110 valence electrons. The largest absolute Gasteiger partial charge is 0.573 e. The minimum Gasteiger partial charge on any atom is -0.406 e. The van der Waals surface area contributed by atoms with Gasteiger partial charge in [0.15, 0.2) is 0 Å². The van der Waals surface area contributed by atoms with Gasteiger partial charge in [-0.2, -0.15) is 0 Å². The summed E-state index contributed by atoms with van der Waals surface area (Å²) in [6, 6.07) is 5.26. The Morgan fingerprint density at radius 3 is 2.40 bits per heavy atom. The molecule has 0 atom stereocenters. The highest BCUT2D eigenvalue weighted by molar-refractivity contribution is 5.91. The van der Waals surface area contributed by atoms with Gasteiger partial charge in [-0.25, -0.2) is 0 Å². The molecule has 0 aliphatic carbocycles. The Morgan fingerprint density at radius 1 is 1.30 bits per heavy atom. The average molecular weight is 287 g/mol. The Bertz CT molecular complexity index is 464. The van der Waals surface area contributed by atoms with Gasteiger partial charge < -0.3 is 10.1 Å². The van der Waals surface area contributed by atoms with Crippen molar-refractivity contribution in [1.29, 1.82) is 0 Å². The summed E-state index contributed by atoms with van der Waals surface area (Å²) in [6.07, 6.45) is -1.84. The average Bonchev–Trinajstić information content (AvgIpc) is 2.33. The van der Waals surface area contributed by atoms with Gasteiger partial charge in [0.1, 0.15) is 5.75 Å². The molecule has 3 nitrogen and oxygen atoms in total. The first-order valence-corrected chi connectivity index (χ1v) is 6.08. The second kappa shape index (κ2) is 6.98. The Hall–Kier alpha value is -1.98. The van der Waals surface area contributed by atoms with Gasteiger partial charge >= 0.3 is 6.36 Å². The fraction of sp³-hybridized carbons (Fsp3) is 0.357. The van der Waals surface area contributed by atoms with E-state index in [1.807, 2.05) is 13.8 Å². The first kappa shape index (κ1) is 16.1. The maximum absolute atomic E-state index is 12.0. The lowest BCUT2D eigenvalue weighted by Crippen LogP contribution is -2.25.